The molecule has 368 valence electrons. The highest BCUT2D eigenvalue weighted by atomic mass is 16.5. The summed E-state index contributed by atoms with van der Waals surface area (Å²) >= 11 is 0. The number of hydrogen-bond donors (Lipinski definition) is 3. The molecule has 1 aromatic rings. The smallest absolute Gasteiger partial charge is 0.326 e. The van der Waals surface area contributed by atoms with E-state index in [1.54, 1.807) is 43.0 Å². The fourth-order valence-corrected chi connectivity index (χ4v) is 9.22. The standard InChI is InChI=1S/C49H76N6O11/c1-12-32(6)44(37(65-10)28-41(59)54-26-24-35(29-54)45(66-11)33(7)46(60)50-36(49(63)64)27-34-19-15-13-16-20-34)53(9)48(62)42(30(2)3)51-47(61)43(31(4)5)52(8)38(56)21-17-14-18-25-55-39(57)22-23-40(55)58/h13,15-16,19-20,22-23,30-33,35-37,42-45H,12,14,17-18,21,24-29H2,1-11H3,(H,50,60)(H,51,61)(H,63,64)/t32-,33+,35+,36-,37+,42+,43-,44-,45+/m0/s1. The number of aliphatic carboxylic acids is 1. The van der Waals surface area contributed by atoms with Gasteiger partial charge in [-0.2, -0.15) is 0 Å². The van der Waals surface area contributed by atoms with Crippen LogP contribution in [0, 0.1) is 29.6 Å². The molecule has 0 unspecified atom stereocenters. The third-order valence-corrected chi connectivity index (χ3v) is 13.3. The lowest BCUT2D eigenvalue weighted by atomic mass is 9.89. The zero-order valence-electron chi connectivity index (χ0n) is 41.0. The Balaban J connectivity index is 1.65. The van der Waals surface area contributed by atoms with Crippen LogP contribution in [0.4, 0.5) is 0 Å². The zero-order valence-corrected chi connectivity index (χ0v) is 41.0. The van der Waals surface area contributed by atoms with Gasteiger partial charge in [0.2, 0.25) is 29.5 Å². The third-order valence-electron chi connectivity index (χ3n) is 13.3. The van der Waals surface area contributed by atoms with Gasteiger partial charge in [-0.05, 0) is 42.6 Å². The number of methoxy groups -OCH3 is 2. The molecular formula is C49H76N6O11. The van der Waals surface area contributed by atoms with Crippen molar-refractivity contribution in [2.45, 2.75) is 136 Å². The summed E-state index contributed by atoms with van der Waals surface area (Å²) in [4.78, 5) is 111. The topological polar surface area (TPSA) is 212 Å². The highest BCUT2D eigenvalue weighted by Crippen LogP contribution is 2.29. The van der Waals surface area contributed by atoms with Crippen molar-refractivity contribution in [3.63, 3.8) is 0 Å². The lowest BCUT2D eigenvalue weighted by Gasteiger charge is -2.40. The Bertz CT molecular complexity index is 1840. The van der Waals surface area contributed by atoms with Crippen LogP contribution in [0.1, 0.15) is 99.0 Å². The molecule has 0 saturated carbocycles. The van der Waals surface area contributed by atoms with E-state index in [-0.39, 0.29) is 79.0 Å². The summed E-state index contributed by atoms with van der Waals surface area (Å²) in [6, 6.07) is 5.57. The summed E-state index contributed by atoms with van der Waals surface area (Å²) in [7, 11) is 6.26. The van der Waals surface area contributed by atoms with E-state index in [1.807, 2.05) is 59.7 Å². The van der Waals surface area contributed by atoms with Gasteiger partial charge in [0.1, 0.15) is 18.1 Å². The van der Waals surface area contributed by atoms with Crippen molar-refractivity contribution in [3.8, 4) is 0 Å². The molecule has 3 N–H and O–H groups in total. The number of nitrogens with zero attached hydrogens (tertiary/aromatic N) is 4. The molecule has 1 saturated heterocycles. The van der Waals surface area contributed by atoms with Crippen molar-refractivity contribution in [3.05, 3.63) is 48.0 Å². The molecule has 0 spiro atoms. The Morgan fingerprint density at radius 3 is 2.02 bits per heavy atom. The van der Waals surface area contributed by atoms with E-state index in [0.29, 0.717) is 45.2 Å². The van der Waals surface area contributed by atoms with Crippen LogP contribution in [0.2, 0.25) is 0 Å². The second kappa shape index (κ2) is 26.2. The maximum absolute atomic E-state index is 14.5. The highest BCUT2D eigenvalue weighted by molar-refractivity contribution is 6.12. The molecule has 9 atom stereocenters. The number of amides is 7. The Kier molecular flexibility index (Phi) is 21.9. The lowest BCUT2D eigenvalue weighted by molar-refractivity contribution is -0.147. The summed E-state index contributed by atoms with van der Waals surface area (Å²) in [5.41, 5.74) is 0.778. The largest absolute Gasteiger partial charge is 0.480 e. The average Bonchev–Trinajstić information content (AvgIpc) is 3.90. The van der Waals surface area contributed by atoms with E-state index in [4.69, 9.17) is 9.47 Å². The van der Waals surface area contributed by atoms with Gasteiger partial charge < -0.3 is 39.9 Å². The van der Waals surface area contributed by atoms with Crippen LogP contribution in [0.3, 0.4) is 0 Å². The number of unbranched alkanes of at least 4 members (excludes halogenated alkanes) is 2. The van der Waals surface area contributed by atoms with E-state index in [0.717, 1.165) is 5.56 Å². The van der Waals surface area contributed by atoms with Crippen LogP contribution in [-0.2, 0) is 54.3 Å². The molecular weight excluding hydrogens is 849 g/mol. The van der Waals surface area contributed by atoms with Gasteiger partial charge in [-0.25, -0.2) is 4.79 Å². The second-order valence-electron chi connectivity index (χ2n) is 18.7. The normalized spacial score (nSPS) is 18.7. The second-order valence-corrected chi connectivity index (χ2v) is 18.7. The van der Waals surface area contributed by atoms with E-state index < -0.39 is 60.1 Å². The number of imide groups is 1. The van der Waals surface area contributed by atoms with Crippen molar-refractivity contribution in [2.24, 2.45) is 29.6 Å². The van der Waals surface area contributed by atoms with Gasteiger partial charge >= 0.3 is 5.97 Å². The molecule has 0 aromatic heterocycles. The third kappa shape index (κ3) is 14.9. The number of carbonyl (C=O) groups is 8. The van der Waals surface area contributed by atoms with Gasteiger partial charge in [0.05, 0.1) is 30.6 Å². The molecule has 0 bridgehead atoms. The number of carboxylic acid groups (broad SMARTS) is 1. The van der Waals surface area contributed by atoms with Crippen molar-refractivity contribution in [1.82, 2.24) is 30.2 Å². The first-order valence-electron chi connectivity index (χ1n) is 23.4. The first-order chi connectivity index (χ1) is 31.2. The van der Waals surface area contributed by atoms with Crippen LogP contribution in [0.25, 0.3) is 0 Å². The number of likely N-dealkylation sites (tertiary alicyclic amines) is 1. The van der Waals surface area contributed by atoms with Crippen molar-refractivity contribution < 1.29 is 52.9 Å². The molecule has 3 rings (SSSR count). The van der Waals surface area contributed by atoms with Crippen molar-refractivity contribution in [1.29, 1.82) is 0 Å². The fourth-order valence-electron chi connectivity index (χ4n) is 9.22. The van der Waals surface area contributed by atoms with Gasteiger partial charge in [0.25, 0.3) is 11.8 Å². The number of nitrogens with one attached hydrogen (secondary N) is 2. The maximum Gasteiger partial charge on any atom is 0.326 e. The summed E-state index contributed by atoms with van der Waals surface area (Å²) in [6.07, 6.45) is 4.35. The number of carboxylic acids is 1. The zero-order chi connectivity index (χ0) is 49.4. The Labute approximate surface area is 391 Å². The molecule has 0 radical (unpaired) electrons. The molecule has 66 heavy (non-hydrogen) atoms. The highest BCUT2D eigenvalue weighted by Gasteiger charge is 2.42. The minimum atomic E-state index is -1.14. The van der Waals surface area contributed by atoms with Crippen molar-refractivity contribution in [2.75, 3.05) is 47.9 Å². The Morgan fingerprint density at radius 1 is 0.833 bits per heavy atom. The Hall–Kier alpha value is -5.16. The number of hydrogen-bond acceptors (Lipinski definition) is 10. The Morgan fingerprint density at radius 2 is 1.47 bits per heavy atom. The maximum atomic E-state index is 14.5. The monoisotopic (exact) mass is 925 g/mol. The number of benzene rings is 1. The number of carbonyl (C=O) groups excluding carboxylic acids is 7. The SMILES string of the molecule is CC[C@H](C)[C@@H]([C@@H](CC(=O)N1CC[C@@H]([C@H](OC)[C@@H](C)C(=O)N[C@@H](Cc2ccccc2)C(=O)O)C1)OC)N(C)C(=O)[C@H](NC(=O)[C@H](C(C)C)N(C)C(=O)CCCCCN1C(=O)C=CC1=O)C(C)C. The fraction of sp³-hybridized carbons (Fsp3) is 0.673. The van der Waals surface area contributed by atoms with Crippen LogP contribution >= 0.6 is 0 Å². The number of rotatable bonds is 27. The average molecular weight is 925 g/mol. The minimum absolute atomic E-state index is 0.0317. The molecule has 0 aliphatic carbocycles. The van der Waals surface area contributed by atoms with E-state index in [1.165, 1.54) is 36.2 Å². The summed E-state index contributed by atoms with van der Waals surface area (Å²) in [5, 5.41) is 15.5. The van der Waals surface area contributed by atoms with E-state index in [2.05, 4.69) is 10.6 Å². The number of likely N-dealkylation sites (N-methyl/N-ethyl adjacent to an activating group) is 2. The van der Waals surface area contributed by atoms with E-state index in [9.17, 15) is 43.5 Å². The predicted molar refractivity (Wildman–Crippen MR) is 248 cm³/mol. The van der Waals surface area contributed by atoms with E-state index >= 15 is 0 Å². The van der Waals surface area contributed by atoms with Crippen LogP contribution in [0.5, 0.6) is 0 Å². The molecule has 2 aliphatic heterocycles. The van der Waals surface area contributed by atoms with Crippen molar-refractivity contribution >= 4 is 47.3 Å². The molecule has 1 aromatic carbocycles. The van der Waals surface area contributed by atoms with Gasteiger partial charge in [-0.1, -0.05) is 91.6 Å². The molecule has 1 fully saturated rings. The van der Waals surface area contributed by atoms with Gasteiger partial charge in [-0.15, -0.1) is 0 Å². The van der Waals surface area contributed by atoms with Crippen LogP contribution < -0.4 is 10.6 Å². The summed E-state index contributed by atoms with van der Waals surface area (Å²) in [5.74, 6) is -5.15. The number of ether oxygens (including phenoxy) is 2. The minimum Gasteiger partial charge on any atom is -0.480 e. The summed E-state index contributed by atoms with van der Waals surface area (Å²) < 4.78 is 11.8. The molecule has 17 heteroatoms. The lowest BCUT2D eigenvalue weighted by Crippen LogP contribution is -2.60. The molecule has 2 aliphatic rings. The molecule has 7 amide bonds. The summed E-state index contributed by atoms with van der Waals surface area (Å²) in [6.45, 7) is 14.0. The quantitative estimate of drug-likeness (QED) is 0.0856. The van der Waals surface area contributed by atoms with Gasteiger partial charge in [0, 0.05) is 78.9 Å². The van der Waals surface area contributed by atoms with Crippen LogP contribution in [-0.4, -0.2) is 156 Å². The van der Waals surface area contributed by atoms with Crippen LogP contribution in [0.15, 0.2) is 42.5 Å². The van der Waals surface area contributed by atoms with Gasteiger partial charge in [0.15, 0.2) is 0 Å². The first kappa shape index (κ1) is 55.2. The van der Waals surface area contributed by atoms with Gasteiger partial charge in [-0.3, -0.25) is 38.5 Å². The molecule has 17 nitrogen and oxygen atoms in total. The predicted octanol–water partition coefficient (Wildman–Crippen LogP) is 3.69. The molecule has 2 heterocycles. The first-order valence-corrected chi connectivity index (χ1v) is 23.4.